The molecule has 0 aliphatic carbocycles. The summed E-state index contributed by atoms with van der Waals surface area (Å²) in [7, 11) is 0. The van der Waals surface area contributed by atoms with Crippen molar-refractivity contribution >= 4 is 5.69 Å². The molecule has 18 heavy (non-hydrogen) atoms. The molecule has 1 aromatic carbocycles. The van der Waals surface area contributed by atoms with Crippen molar-refractivity contribution in [1.29, 1.82) is 0 Å². The van der Waals surface area contributed by atoms with E-state index in [1.165, 1.54) is 30.5 Å². The molecule has 0 radical (unpaired) electrons. The van der Waals surface area contributed by atoms with Crippen LogP contribution in [0.25, 0.3) is 0 Å². The number of non-ortho nitro benzene ring substituents is 1. The van der Waals surface area contributed by atoms with Gasteiger partial charge in [0.2, 0.25) is 5.95 Å². The molecule has 0 fully saturated rings. The van der Waals surface area contributed by atoms with Crippen LogP contribution in [-0.2, 0) is 6.61 Å². The Kier molecular flexibility index (Phi) is 3.47. The third kappa shape index (κ3) is 3.00. The van der Waals surface area contributed by atoms with Crippen molar-refractivity contribution < 1.29 is 14.1 Å². The molecule has 92 valence electrons. The van der Waals surface area contributed by atoms with E-state index in [0.29, 0.717) is 5.75 Å². The highest BCUT2D eigenvalue weighted by molar-refractivity contribution is 5.32. The van der Waals surface area contributed by atoms with E-state index >= 15 is 0 Å². The van der Waals surface area contributed by atoms with Gasteiger partial charge in [0.15, 0.2) is 0 Å². The zero-order valence-electron chi connectivity index (χ0n) is 9.25. The van der Waals surface area contributed by atoms with Gasteiger partial charge in [-0.2, -0.15) is 4.39 Å². The van der Waals surface area contributed by atoms with E-state index in [9.17, 15) is 14.5 Å². The SMILES string of the molecule is O=[N+]([O-])c1ccc(COc2ccc(F)nc2)cc1. The molecule has 0 amide bonds. The maximum atomic E-state index is 12.5. The number of nitro groups is 1. The number of ether oxygens (including phenoxy) is 1. The molecule has 0 aliphatic rings. The number of nitrogens with zero attached hydrogens (tertiary/aromatic N) is 2. The molecule has 0 bridgehead atoms. The van der Waals surface area contributed by atoms with Gasteiger partial charge in [-0.05, 0) is 29.8 Å². The second-order valence-corrected chi connectivity index (χ2v) is 3.53. The minimum absolute atomic E-state index is 0.0298. The van der Waals surface area contributed by atoms with E-state index < -0.39 is 10.9 Å². The third-order valence-electron chi connectivity index (χ3n) is 2.25. The molecule has 1 heterocycles. The molecule has 6 heteroatoms. The standard InChI is InChI=1S/C12H9FN2O3/c13-12-6-5-11(7-14-12)18-8-9-1-3-10(4-2-9)15(16)17/h1-7H,8H2. The first-order valence-electron chi connectivity index (χ1n) is 5.13. The van der Waals surface area contributed by atoms with Crippen molar-refractivity contribution in [1.82, 2.24) is 4.98 Å². The zero-order chi connectivity index (χ0) is 13.0. The summed E-state index contributed by atoms with van der Waals surface area (Å²) in [5.74, 6) is -0.132. The number of hydrogen-bond acceptors (Lipinski definition) is 4. The van der Waals surface area contributed by atoms with Gasteiger partial charge in [0.1, 0.15) is 12.4 Å². The fraction of sp³-hybridized carbons (Fsp3) is 0.0833. The van der Waals surface area contributed by atoms with Crippen molar-refractivity contribution in [3.8, 4) is 5.75 Å². The monoisotopic (exact) mass is 248 g/mol. The van der Waals surface area contributed by atoms with Gasteiger partial charge in [-0.15, -0.1) is 0 Å². The first kappa shape index (κ1) is 12.0. The Morgan fingerprint density at radius 1 is 1.22 bits per heavy atom. The summed E-state index contributed by atoms with van der Waals surface area (Å²) in [5.41, 5.74) is 0.812. The predicted octanol–water partition coefficient (Wildman–Crippen LogP) is 2.71. The van der Waals surface area contributed by atoms with Gasteiger partial charge in [-0.1, -0.05) is 0 Å². The van der Waals surface area contributed by atoms with E-state index in [4.69, 9.17) is 4.74 Å². The molecule has 2 rings (SSSR count). The number of halogens is 1. The first-order chi connectivity index (χ1) is 8.65. The van der Waals surface area contributed by atoms with Gasteiger partial charge >= 0.3 is 0 Å². The van der Waals surface area contributed by atoms with Gasteiger partial charge in [0.05, 0.1) is 11.1 Å². The maximum absolute atomic E-state index is 12.5. The summed E-state index contributed by atoms with van der Waals surface area (Å²) >= 11 is 0. The Morgan fingerprint density at radius 3 is 2.50 bits per heavy atom. The minimum atomic E-state index is -0.572. The van der Waals surface area contributed by atoms with Crippen LogP contribution >= 0.6 is 0 Å². The van der Waals surface area contributed by atoms with Gasteiger partial charge in [0, 0.05) is 12.1 Å². The number of pyridine rings is 1. The Hall–Kier alpha value is -2.50. The van der Waals surface area contributed by atoms with Crippen LogP contribution in [0, 0.1) is 16.1 Å². The van der Waals surface area contributed by atoms with Gasteiger partial charge < -0.3 is 4.74 Å². The van der Waals surface area contributed by atoms with E-state index in [1.807, 2.05) is 0 Å². The maximum Gasteiger partial charge on any atom is 0.269 e. The van der Waals surface area contributed by atoms with Crippen LogP contribution in [-0.4, -0.2) is 9.91 Å². The number of hydrogen-bond donors (Lipinski definition) is 0. The average Bonchev–Trinajstić information content (AvgIpc) is 2.38. The Balaban J connectivity index is 1.97. The van der Waals surface area contributed by atoms with E-state index in [1.54, 1.807) is 12.1 Å². The molecule has 0 atom stereocenters. The fourth-order valence-electron chi connectivity index (χ4n) is 1.33. The topological polar surface area (TPSA) is 65.3 Å². The largest absolute Gasteiger partial charge is 0.487 e. The van der Waals surface area contributed by atoms with E-state index in [2.05, 4.69) is 4.98 Å². The van der Waals surface area contributed by atoms with Crippen LogP contribution in [0.1, 0.15) is 5.56 Å². The molecular formula is C12H9FN2O3. The highest BCUT2D eigenvalue weighted by atomic mass is 19.1. The summed E-state index contributed by atoms with van der Waals surface area (Å²) in [4.78, 5) is 13.4. The lowest BCUT2D eigenvalue weighted by molar-refractivity contribution is -0.384. The fourth-order valence-corrected chi connectivity index (χ4v) is 1.33. The average molecular weight is 248 g/mol. The smallest absolute Gasteiger partial charge is 0.269 e. The van der Waals surface area contributed by atoms with Crippen molar-refractivity contribution in [2.24, 2.45) is 0 Å². The van der Waals surface area contributed by atoms with Crippen molar-refractivity contribution in [3.63, 3.8) is 0 Å². The molecular weight excluding hydrogens is 239 g/mol. The van der Waals surface area contributed by atoms with Gasteiger partial charge in [-0.3, -0.25) is 10.1 Å². The van der Waals surface area contributed by atoms with E-state index in [0.717, 1.165) is 5.56 Å². The zero-order valence-corrected chi connectivity index (χ0v) is 9.25. The van der Waals surface area contributed by atoms with Crippen LogP contribution in [0.3, 0.4) is 0 Å². The third-order valence-corrected chi connectivity index (χ3v) is 2.25. The minimum Gasteiger partial charge on any atom is -0.487 e. The molecule has 1 aromatic heterocycles. The molecule has 0 saturated carbocycles. The summed E-state index contributed by atoms with van der Waals surface area (Å²) in [6, 6.07) is 8.69. The van der Waals surface area contributed by atoms with Crippen LogP contribution in [0.2, 0.25) is 0 Å². The summed E-state index contributed by atoms with van der Waals surface area (Å²) < 4.78 is 17.9. The number of nitro benzene ring substituents is 1. The lowest BCUT2D eigenvalue weighted by Crippen LogP contribution is -1.96. The molecule has 0 aliphatic heterocycles. The van der Waals surface area contributed by atoms with Crippen LogP contribution in [0.4, 0.5) is 10.1 Å². The molecule has 0 unspecified atom stereocenters. The van der Waals surface area contributed by atoms with Gasteiger partial charge in [0.25, 0.3) is 5.69 Å². The Morgan fingerprint density at radius 2 is 1.94 bits per heavy atom. The van der Waals surface area contributed by atoms with Crippen molar-refractivity contribution in [3.05, 3.63) is 64.2 Å². The number of benzene rings is 1. The predicted molar refractivity (Wildman–Crippen MR) is 61.6 cm³/mol. The molecule has 0 spiro atoms. The Bertz CT molecular complexity index is 540. The molecule has 2 aromatic rings. The Labute approximate surface area is 102 Å². The highest BCUT2D eigenvalue weighted by Crippen LogP contribution is 2.15. The quantitative estimate of drug-likeness (QED) is 0.474. The lowest BCUT2D eigenvalue weighted by Gasteiger charge is -2.05. The van der Waals surface area contributed by atoms with Crippen molar-refractivity contribution in [2.45, 2.75) is 6.61 Å². The second kappa shape index (κ2) is 5.22. The second-order valence-electron chi connectivity index (χ2n) is 3.53. The highest BCUT2D eigenvalue weighted by Gasteiger charge is 2.04. The summed E-state index contributed by atoms with van der Waals surface area (Å²) in [6.45, 7) is 0.241. The van der Waals surface area contributed by atoms with E-state index in [-0.39, 0.29) is 12.3 Å². The molecule has 0 N–H and O–H groups in total. The number of aromatic nitrogens is 1. The van der Waals surface area contributed by atoms with Crippen LogP contribution in [0.5, 0.6) is 5.75 Å². The summed E-state index contributed by atoms with van der Waals surface area (Å²) in [5, 5.41) is 10.5. The van der Waals surface area contributed by atoms with Crippen molar-refractivity contribution in [2.75, 3.05) is 0 Å². The molecule has 0 saturated heterocycles. The van der Waals surface area contributed by atoms with Crippen LogP contribution in [0.15, 0.2) is 42.6 Å². The molecule has 5 nitrogen and oxygen atoms in total. The first-order valence-corrected chi connectivity index (χ1v) is 5.13. The summed E-state index contributed by atoms with van der Waals surface area (Å²) in [6.07, 6.45) is 1.28. The number of rotatable bonds is 4. The normalized spacial score (nSPS) is 10.1. The lowest BCUT2D eigenvalue weighted by atomic mass is 10.2. The van der Waals surface area contributed by atoms with Gasteiger partial charge in [-0.25, -0.2) is 4.98 Å². The van der Waals surface area contributed by atoms with Crippen LogP contribution < -0.4 is 4.74 Å².